The molecule has 0 N–H and O–H groups in total. The molecule has 0 saturated heterocycles. The summed E-state index contributed by atoms with van der Waals surface area (Å²) in [6.07, 6.45) is 3.94. The molecule has 0 spiro atoms. The maximum Gasteiger partial charge on any atom is 0.399 e. The smallest absolute Gasteiger partial charge is 0.399 e. The third-order valence-electron chi connectivity index (χ3n) is 1.90. The Bertz CT molecular complexity index is 431. The predicted octanol–water partition coefficient (Wildman–Crippen LogP) is 2.28. The fraction of sp³-hybridized carbons (Fsp3) is 0.182. The van der Waals surface area contributed by atoms with Gasteiger partial charge < -0.3 is 18.6 Å². The summed E-state index contributed by atoms with van der Waals surface area (Å²) >= 11 is 0. The molecule has 83 valence electrons. The van der Waals surface area contributed by atoms with Crippen molar-refractivity contribution in [3.05, 3.63) is 30.7 Å². The maximum atomic E-state index is 5.33. The summed E-state index contributed by atoms with van der Waals surface area (Å²) in [7, 11) is 3.13. The van der Waals surface area contributed by atoms with E-state index >= 15 is 0 Å². The van der Waals surface area contributed by atoms with Crippen molar-refractivity contribution in [3.63, 3.8) is 0 Å². The van der Waals surface area contributed by atoms with Gasteiger partial charge >= 0.3 is 6.08 Å². The van der Waals surface area contributed by atoms with E-state index in [1.54, 1.807) is 32.4 Å². The molecule has 0 aliphatic heterocycles. The standard InChI is InChI=1S/C11H10NO4/c1-13-8-5-9(14-2)7-10(6-8)16-11-12-3-4-15-11/h4-7H,1-2H3. The fourth-order valence-electron chi connectivity index (χ4n) is 1.17. The van der Waals surface area contributed by atoms with Gasteiger partial charge in [-0.05, 0) is 0 Å². The number of aromatic nitrogens is 1. The zero-order chi connectivity index (χ0) is 11.4. The van der Waals surface area contributed by atoms with Crippen LogP contribution in [0.15, 0.2) is 28.9 Å². The fourth-order valence-corrected chi connectivity index (χ4v) is 1.17. The zero-order valence-corrected chi connectivity index (χ0v) is 8.89. The summed E-state index contributed by atoms with van der Waals surface area (Å²) in [6.45, 7) is 0. The highest BCUT2D eigenvalue weighted by molar-refractivity contribution is 5.42. The summed E-state index contributed by atoms with van der Waals surface area (Å²) in [4.78, 5) is 3.73. The zero-order valence-electron chi connectivity index (χ0n) is 8.89. The minimum atomic E-state index is 0.121. The minimum Gasteiger partial charge on any atom is -0.496 e. The quantitative estimate of drug-likeness (QED) is 0.791. The number of oxazole rings is 1. The molecule has 0 amide bonds. The van der Waals surface area contributed by atoms with Gasteiger partial charge in [0.2, 0.25) is 0 Å². The van der Waals surface area contributed by atoms with Crippen LogP contribution in [0.2, 0.25) is 0 Å². The van der Waals surface area contributed by atoms with Crippen molar-refractivity contribution in [2.45, 2.75) is 0 Å². The molecule has 0 atom stereocenters. The van der Waals surface area contributed by atoms with E-state index in [0.717, 1.165) is 0 Å². The molecular weight excluding hydrogens is 210 g/mol. The number of rotatable bonds is 4. The first-order valence-corrected chi connectivity index (χ1v) is 4.54. The number of nitrogens with zero attached hydrogens (tertiary/aromatic N) is 1. The van der Waals surface area contributed by atoms with E-state index in [2.05, 4.69) is 11.2 Å². The molecule has 5 nitrogen and oxygen atoms in total. The lowest BCUT2D eigenvalue weighted by Gasteiger charge is -2.07. The van der Waals surface area contributed by atoms with Crippen LogP contribution < -0.4 is 14.2 Å². The SMILES string of the molecule is COc1cc(OC)cc(Oc2n[c]co2)c1. The molecule has 1 aromatic carbocycles. The van der Waals surface area contributed by atoms with Gasteiger partial charge in [0.25, 0.3) is 0 Å². The van der Waals surface area contributed by atoms with Gasteiger partial charge in [0.15, 0.2) is 0 Å². The van der Waals surface area contributed by atoms with Crippen molar-refractivity contribution in [3.8, 4) is 23.3 Å². The predicted molar refractivity (Wildman–Crippen MR) is 55.0 cm³/mol. The van der Waals surface area contributed by atoms with Crippen LogP contribution in [0.3, 0.4) is 0 Å². The van der Waals surface area contributed by atoms with Gasteiger partial charge in [0.05, 0.1) is 14.2 Å². The molecule has 1 aromatic heterocycles. The number of hydrogen-bond acceptors (Lipinski definition) is 5. The lowest BCUT2D eigenvalue weighted by atomic mass is 10.3. The summed E-state index contributed by atoms with van der Waals surface area (Å²) in [5.41, 5.74) is 0. The normalized spacial score (nSPS) is 9.88. The first-order valence-electron chi connectivity index (χ1n) is 4.54. The van der Waals surface area contributed by atoms with Crippen LogP contribution in [-0.4, -0.2) is 19.2 Å². The van der Waals surface area contributed by atoms with Gasteiger partial charge in [0.1, 0.15) is 29.7 Å². The Morgan fingerprint density at radius 2 is 1.69 bits per heavy atom. The Hall–Kier alpha value is -2.17. The van der Waals surface area contributed by atoms with Gasteiger partial charge in [-0.15, -0.1) is 0 Å². The molecular formula is C11H10NO4. The van der Waals surface area contributed by atoms with E-state index in [-0.39, 0.29) is 6.08 Å². The van der Waals surface area contributed by atoms with Crippen LogP contribution in [0, 0.1) is 6.20 Å². The van der Waals surface area contributed by atoms with Crippen molar-refractivity contribution in [1.82, 2.24) is 4.98 Å². The largest absolute Gasteiger partial charge is 0.496 e. The number of ether oxygens (including phenoxy) is 3. The van der Waals surface area contributed by atoms with E-state index in [9.17, 15) is 0 Å². The minimum absolute atomic E-state index is 0.121. The molecule has 0 unspecified atom stereocenters. The Morgan fingerprint density at radius 1 is 1.06 bits per heavy atom. The Labute approximate surface area is 92.6 Å². The lowest BCUT2D eigenvalue weighted by Crippen LogP contribution is -1.90. The summed E-state index contributed by atoms with van der Waals surface area (Å²) in [5, 5.41) is 0. The van der Waals surface area contributed by atoms with Crippen LogP contribution in [0.1, 0.15) is 0 Å². The molecule has 5 heteroatoms. The van der Waals surface area contributed by atoms with Gasteiger partial charge in [0, 0.05) is 18.2 Å². The molecule has 2 aromatic rings. The van der Waals surface area contributed by atoms with Crippen molar-refractivity contribution in [2.75, 3.05) is 14.2 Å². The average Bonchev–Trinajstić information content (AvgIpc) is 2.81. The van der Waals surface area contributed by atoms with Crippen LogP contribution in [0.5, 0.6) is 23.3 Å². The van der Waals surface area contributed by atoms with Crippen molar-refractivity contribution in [2.24, 2.45) is 0 Å². The van der Waals surface area contributed by atoms with Crippen LogP contribution in [0.25, 0.3) is 0 Å². The van der Waals surface area contributed by atoms with Crippen LogP contribution in [-0.2, 0) is 0 Å². The van der Waals surface area contributed by atoms with Gasteiger partial charge in [-0.2, -0.15) is 4.98 Å². The molecule has 1 heterocycles. The monoisotopic (exact) mass is 220 g/mol. The van der Waals surface area contributed by atoms with E-state index in [1.807, 2.05) is 0 Å². The number of benzene rings is 1. The Morgan fingerprint density at radius 3 is 2.19 bits per heavy atom. The molecule has 2 rings (SSSR count). The maximum absolute atomic E-state index is 5.33. The lowest BCUT2D eigenvalue weighted by molar-refractivity contribution is 0.325. The van der Waals surface area contributed by atoms with Crippen molar-refractivity contribution >= 4 is 0 Å². The molecule has 0 aliphatic rings. The highest BCUT2D eigenvalue weighted by atomic mass is 16.6. The van der Waals surface area contributed by atoms with E-state index < -0.39 is 0 Å². The topological polar surface area (TPSA) is 53.7 Å². The summed E-state index contributed by atoms with van der Waals surface area (Å²) in [5.74, 6) is 1.78. The average molecular weight is 220 g/mol. The number of methoxy groups -OCH3 is 2. The van der Waals surface area contributed by atoms with Crippen molar-refractivity contribution in [1.29, 1.82) is 0 Å². The van der Waals surface area contributed by atoms with Gasteiger partial charge in [-0.25, -0.2) is 0 Å². The second kappa shape index (κ2) is 4.57. The Balaban J connectivity index is 2.26. The number of hydrogen-bond donors (Lipinski definition) is 0. The highest BCUT2D eigenvalue weighted by Crippen LogP contribution is 2.29. The molecule has 16 heavy (non-hydrogen) atoms. The Kier molecular flexibility index (Phi) is 2.95. The van der Waals surface area contributed by atoms with E-state index in [1.165, 1.54) is 6.26 Å². The summed E-state index contributed by atoms with van der Waals surface area (Å²) in [6, 6.07) is 5.15. The molecule has 0 bridgehead atoms. The molecule has 0 aliphatic carbocycles. The first-order chi connectivity index (χ1) is 7.81. The summed E-state index contributed by atoms with van der Waals surface area (Å²) < 4.78 is 20.4. The second-order valence-electron chi connectivity index (χ2n) is 2.89. The van der Waals surface area contributed by atoms with Gasteiger partial charge in [-0.1, -0.05) is 0 Å². The second-order valence-corrected chi connectivity index (χ2v) is 2.89. The van der Waals surface area contributed by atoms with E-state index in [0.29, 0.717) is 17.2 Å². The van der Waals surface area contributed by atoms with Crippen molar-refractivity contribution < 1.29 is 18.6 Å². The first kappa shape index (κ1) is 10.4. The van der Waals surface area contributed by atoms with Gasteiger partial charge in [-0.3, -0.25) is 0 Å². The third-order valence-corrected chi connectivity index (χ3v) is 1.90. The van der Waals surface area contributed by atoms with Crippen LogP contribution in [0.4, 0.5) is 0 Å². The highest BCUT2D eigenvalue weighted by Gasteiger charge is 2.06. The van der Waals surface area contributed by atoms with Crippen LogP contribution >= 0.6 is 0 Å². The molecule has 0 saturated carbocycles. The third kappa shape index (κ3) is 2.25. The molecule has 1 radical (unpaired) electrons. The molecule has 0 fully saturated rings. The van der Waals surface area contributed by atoms with E-state index in [4.69, 9.17) is 18.6 Å².